The Kier molecular flexibility index (Phi) is 6.20. The van der Waals surface area contributed by atoms with Crippen molar-refractivity contribution in [2.45, 2.75) is 23.3 Å². The van der Waals surface area contributed by atoms with E-state index in [0.717, 1.165) is 11.0 Å². The van der Waals surface area contributed by atoms with Crippen LogP contribution in [0.3, 0.4) is 0 Å². The number of hydrogen-bond acceptors (Lipinski definition) is 8. The molecule has 1 amide bonds. The van der Waals surface area contributed by atoms with Crippen LogP contribution in [0.1, 0.15) is 23.2 Å². The molecule has 9 nitrogen and oxygen atoms in total. The molecule has 2 aromatic carbocycles. The summed E-state index contributed by atoms with van der Waals surface area (Å²) >= 11 is 1.35. The Morgan fingerprint density at radius 2 is 1.79 bits per heavy atom. The molecule has 33 heavy (non-hydrogen) atoms. The van der Waals surface area contributed by atoms with E-state index in [1.54, 1.807) is 22.5 Å². The van der Waals surface area contributed by atoms with E-state index < -0.39 is 25.5 Å². The van der Waals surface area contributed by atoms with Crippen LogP contribution in [0.15, 0.2) is 52.9 Å². The lowest BCUT2D eigenvalue weighted by molar-refractivity contribution is 0.000599. The summed E-state index contributed by atoms with van der Waals surface area (Å²) in [7, 11) is -7.20. The number of nitrogens with one attached hydrogen (secondary N) is 1. The van der Waals surface area contributed by atoms with Crippen molar-refractivity contribution in [2.75, 3.05) is 29.8 Å². The Hall–Kier alpha value is -2.54. The van der Waals surface area contributed by atoms with Gasteiger partial charge in [0.1, 0.15) is 20.2 Å². The average Bonchev–Trinajstić information content (AvgIpc) is 3.21. The van der Waals surface area contributed by atoms with Crippen molar-refractivity contribution in [3.8, 4) is 0 Å². The topological polar surface area (TPSA) is 134 Å². The number of thiazole rings is 1. The van der Waals surface area contributed by atoms with Crippen molar-refractivity contribution in [2.24, 2.45) is 0 Å². The van der Waals surface area contributed by atoms with Gasteiger partial charge in [-0.15, -0.1) is 11.3 Å². The molecule has 0 spiro atoms. The van der Waals surface area contributed by atoms with Crippen molar-refractivity contribution in [3.05, 3.63) is 53.5 Å². The van der Waals surface area contributed by atoms with Crippen LogP contribution in [0.25, 0.3) is 10.2 Å². The zero-order chi connectivity index (χ0) is 23.9. The molecule has 12 heteroatoms. The Morgan fingerprint density at radius 1 is 1.12 bits per heavy atom. The molecule has 2 heterocycles. The standard InChI is InChI=1S/C21H23N3O6S3/c1-32(27,28)13-21(26)9-11-24(12-10-21)20(25)15-5-7-16(8-6-15)23-33(29,30)18-4-2-3-17-19(18)22-14-31-17/h2-8,14,23,26H,9-13H2,1H3. The molecule has 0 atom stereocenters. The van der Waals surface area contributed by atoms with Crippen molar-refractivity contribution in [3.63, 3.8) is 0 Å². The monoisotopic (exact) mass is 509 g/mol. The molecule has 1 aromatic heterocycles. The van der Waals surface area contributed by atoms with E-state index in [0.29, 0.717) is 16.8 Å². The summed E-state index contributed by atoms with van der Waals surface area (Å²) < 4.78 is 52.0. The van der Waals surface area contributed by atoms with Crippen LogP contribution in [0.2, 0.25) is 0 Å². The summed E-state index contributed by atoms with van der Waals surface area (Å²) in [6.07, 6.45) is 1.42. The van der Waals surface area contributed by atoms with Gasteiger partial charge < -0.3 is 10.0 Å². The summed E-state index contributed by atoms with van der Waals surface area (Å²) in [5.41, 5.74) is 1.34. The molecule has 1 aliphatic heterocycles. The molecule has 4 rings (SSSR count). The highest BCUT2D eigenvalue weighted by Crippen LogP contribution is 2.27. The van der Waals surface area contributed by atoms with Gasteiger partial charge in [0.15, 0.2) is 0 Å². The molecule has 3 aromatic rings. The number of nitrogens with zero attached hydrogens (tertiary/aromatic N) is 2. The maximum absolute atomic E-state index is 12.9. The number of para-hydroxylation sites is 1. The number of hydrogen-bond donors (Lipinski definition) is 2. The van der Waals surface area contributed by atoms with Gasteiger partial charge in [0.2, 0.25) is 0 Å². The number of likely N-dealkylation sites (tertiary alicyclic amines) is 1. The van der Waals surface area contributed by atoms with Crippen molar-refractivity contribution < 1.29 is 26.7 Å². The molecule has 0 unspecified atom stereocenters. The molecular weight excluding hydrogens is 486 g/mol. The van der Waals surface area contributed by atoms with Crippen molar-refractivity contribution >= 4 is 53.0 Å². The molecule has 176 valence electrons. The number of carbonyl (C=O) groups excluding carboxylic acids is 1. The molecule has 2 N–H and O–H groups in total. The van der Waals surface area contributed by atoms with Gasteiger partial charge in [-0.1, -0.05) is 6.07 Å². The smallest absolute Gasteiger partial charge is 0.264 e. The van der Waals surface area contributed by atoms with Crippen LogP contribution in [0.4, 0.5) is 5.69 Å². The van der Waals surface area contributed by atoms with E-state index in [-0.39, 0.29) is 42.5 Å². The van der Waals surface area contributed by atoms with Gasteiger partial charge in [-0.25, -0.2) is 21.8 Å². The third kappa shape index (κ3) is 5.35. The van der Waals surface area contributed by atoms with E-state index in [4.69, 9.17) is 0 Å². The second kappa shape index (κ2) is 8.67. The van der Waals surface area contributed by atoms with Crippen molar-refractivity contribution in [1.29, 1.82) is 0 Å². The van der Waals surface area contributed by atoms with Gasteiger partial charge in [0.05, 0.1) is 21.6 Å². The minimum atomic E-state index is -3.87. The second-order valence-electron chi connectivity index (χ2n) is 8.22. The van der Waals surface area contributed by atoms with Gasteiger partial charge in [0.25, 0.3) is 15.9 Å². The lowest BCUT2D eigenvalue weighted by atomic mass is 9.93. The van der Waals surface area contributed by atoms with Crippen LogP contribution in [-0.4, -0.2) is 68.4 Å². The number of rotatable bonds is 6. The highest BCUT2D eigenvalue weighted by atomic mass is 32.2. The molecule has 0 bridgehead atoms. The Morgan fingerprint density at radius 3 is 2.42 bits per heavy atom. The summed E-state index contributed by atoms with van der Waals surface area (Å²) in [6, 6.07) is 11.0. The van der Waals surface area contributed by atoms with Gasteiger partial charge in [-0.3, -0.25) is 9.52 Å². The maximum Gasteiger partial charge on any atom is 0.264 e. The average molecular weight is 510 g/mol. The molecule has 1 fully saturated rings. The number of carbonyl (C=O) groups is 1. The Balaban J connectivity index is 1.43. The molecule has 0 aliphatic carbocycles. The van der Waals surface area contributed by atoms with Crippen LogP contribution in [-0.2, 0) is 19.9 Å². The first-order valence-electron chi connectivity index (χ1n) is 10.1. The van der Waals surface area contributed by atoms with Crippen LogP contribution < -0.4 is 4.72 Å². The highest BCUT2D eigenvalue weighted by Gasteiger charge is 2.36. The number of anilines is 1. The molecule has 1 aliphatic rings. The number of sulfonamides is 1. The number of aliphatic hydroxyl groups is 1. The Labute approximate surface area is 196 Å². The van der Waals surface area contributed by atoms with Crippen molar-refractivity contribution in [1.82, 2.24) is 9.88 Å². The van der Waals surface area contributed by atoms with E-state index >= 15 is 0 Å². The summed E-state index contributed by atoms with van der Waals surface area (Å²) in [4.78, 5) is 18.6. The van der Waals surface area contributed by atoms with Gasteiger partial charge in [-0.2, -0.15) is 0 Å². The summed E-state index contributed by atoms with van der Waals surface area (Å²) in [5.74, 6) is -0.594. The fourth-order valence-electron chi connectivity index (χ4n) is 3.91. The number of sulfone groups is 1. The number of fused-ring (bicyclic) bond motifs is 1. The van der Waals surface area contributed by atoms with E-state index in [2.05, 4.69) is 9.71 Å². The molecule has 1 saturated heterocycles. The SMILES string of the molecule is CS(=O)(=O)CC1(O)CCN(C(=O)c2ccc(NS(=O)(=O)c3cccc4scnc34)cc2)CC1. The largest absolute Gasteiger partial charge is 0.389 e. The third-order valence-corrected chi connectivity index (χ3v) is 8.78. The minimum absolute atomic E-state index is 0.0799. The predicted octanol–water partition coefficient (Wildman–Crippen LogP) is 2.11. The van der Waals surface area contributed by atoms with E-state index in [9.17, 15) is 26.7 Å². The lowest BCUT2D eigenvalue weighted by Crippen LogP contribution is -2.49. The first kappa shape index (κ1) is 23.6. The quantitative estimate of drug-likeness (QED) is 0.520. The van der Waals surface area contributed by atoms with E-state index in [1.807, 2.05) is 0 Å². The zero-order valence-corrected chi connectivity index (χ0v) is 20.2. The normalized spacial score (nSPS) is 16.6. The summed E-state index contributed by atoms with van der Waals surface area (Å²) in [5, 5.41) is 10.5. The second-order valence-corrected chi connectivity index (χ2v) is 12.9. The van der Waals surface area contributed by atoms with Gasteiger partial charge in [0, 0.05) is 30.6 Å². The lowest BCUT2D eigenvalue weighted by Gasteiger charge is -2.37. The molecule has 0 radical (unpaired) electrons. The van der Waals surface area contributed by atoms with Crippen LogP contribution in [0, 0.1) is 0 Å². The van der Waals surface area contributed by atoms with Gasteiger partial charge in [-0.05, 0) is 49.2 Å². The first-order chi connectivity index (χ1) is 15.5. The zero-order valence-electron chi connectivity index (χ0n) is 17.8. The minimum Gasteiger partial charge on any atom is -0.389 e. The maximum atomic E-state index is 12.9. The molecular formula is C21H23N3O6S3. The summed E-state index contributed by atoms with van der Waals surface area (Å²) in [6.45, 7) is 0.466. The number of piperidine rings is 1. The fourth-order valence-corrected chi connectivity index (χ4v) is 7.17. The van der Waals surface area contributed by atoms with Crippen LogP contribution >= 0.6 is 11.3 Å². The molecule has 0 saturated carbocycles. The number of benzene rings is 2. The highest BCUT2D eigenvalue weighted by molar-refractivity contribution is 7.93. The van der Waals surface area contributed by atoms with E-state index in [1.165, 1.54) is 41.7 Å². The fraction of sp³-hybridized carbons (Fsp3) is 0.333. The Bertz CT molecular complexity index is 1390. The third-order valence-electron chi connectivity index (χ3n) is 5.51. The van der Waals surface area contributed by atoms with Gasteiger partial charge >= 0.3 is 0 Å². The first-order valence-corrected chi connectivity index (χ1v) is 14.5. The number of amides is 1. The van der Waals surface area contributed by atoms with Crippen LogP contribution in [0.5, 0.6) is 0 Å². The number of aromatic nitrogens is 1. The predicted molar refractivity (Wildman–Crippen MR) is 127 cm³/mol.